The van der Waals surface area contributed by atoms with Gasteiger partial charge in [-0.15, -0.1) is 0 Å². The molecule has 0 fully saturated rings. The van der Waals surface area contributed by atoms with Gasteiger partial charge in [-0.2, -0.15) is 0 Å². The summed E-state index contributed by atoms with van der Waals surface area (Å²) in [6.45, 7) is 1.81. The van der Waals surface area contributed by atoms with Crippen molar-refractivity contribution in [3.05, 3.63) is 102 Å². The fourth-order valence-electron chi connectivity index (χ4n) is 3.73. The number of aryl methyl sites for hydroxylation is 1. The first-order valence-electron chi connectivity index (χ1n) is 10.9. The summed E-state index contributed by atoms with van der Waals surface area (Å²) in [5.41, 5.74) is 2.23. The van der Waals surface area contributed by atoms with Gasteiger partial charge in [-0.25, -0.2) is 4.39 Å². The first-order valence-corrected chi connectivity index (χ1v) is 10.9. The van der Waals surface area contributed by atoms with Crippen molar-refractivity contribution >= 4 is 23.6 Å². The van der Waals surface area contributed by atoms with Crippen LogP contribution >= 0.6 is 0 Å². The predicted octanol–water partition coefficient (Wildman–Crippen LogP) is 4.73. The number of ether oxygens (including phenoxy) is 1. The number of nitrogens with zero attached hydrogens (tertiary/aromatic N) is 1. The number of amides is 2. The molecule has 0 saturated carbocycles. The molecular formula is C27H25FN2O3. The molecule has 1 aliphatic rings. The van der Waals surface area contributed by atoms with E-state index in [9.17, 15) is 14.0 Å². The Kier molecular flexibility index (Phi) is 6.83. The Bertz CT molecular complexity index is 1180. The summed E-state index contributed by atoms with van der Waals surface area (Å²) >= 11 is 0. The molecule has 0 saturated heterocycles. The van der Waals surface area contributed by atoms with Crippen LogP contribution in [0.1, 0.15) is 24.5 Å². The van der Waals surface area contributed by atoms with E-state index in [-0.39, 0.29) is 24.3 Å². The van der Waals surface area contributed by atoms with Gasteiger partial charge in [0.05, 0.1) is 5.69 Å². The lowest BCUT2D eigenvalue weighted by Crippen LogP contribution is -2.46. The van der Waals surface area contributed by atoms with E-state index in [1.54, 1.807) is 36.4 Å². The largest absolute Gasteiger partial charge is 0.449 e. The SMILES string of the molecule is C[C@@H](CCc1ccccc1)NC(=O)CN1C(=O)/C(=C\c2cccc(F)c2)Oc2ccccc21. The molecule has 1 atom stereocenters. The number of benzene rings is 3. The molecule has 0 radical (unpaired) electrons. The summed E-state index contributed by atoms with van der Waals surface area (Å²) in [6, 6.07) is 23.0. The lowest BCUT2D eigenvalue weighted by Gasteiger charge is -2.30. The topological polar surface area (TPSA) is 58.6 Å². The van der Waals surface area contributed by atoms with Crippen LogP contribution < -0.4 is 15.0 Å². The fourth-order valence-corrected chi connectivity index (χ4v) is 3.73. The summed E-state index contributed by atoms with van der Waals surface area (Å²) in [5.74, 6) is -0.626. The van der Waals surface area contributed by atoms with Crippen molar-refractivity contribution in [2.75, 3.05) is 11.4 Å². The first kappa shape index (κ1) is 22.3. The van der Waals surface area contributed by atoms with Gasteiger partial charge < -0.3 is 10.1 Å². The van der Waals surface area contributed by atoms with Gasteiger partial charge in [0.15, 0.2) is 11.5 Å². The Morgan fingerprint density at radius 2 is 1.82 bits per heavy atom. The Labute approximate surface area is 192 Å². The second kappa shape index (κ2) is 10.1. The number of halogens is 1. The van der Waals surface area contributed by atoms with E-state index in [0.717, 1.165) is 12.8 Å². The van der Waals surface area contributed by atoms with Crippen LogP contribution in [-0.2, 0) is 16.0 Å². The monoisotopic (exact) mass is 444 g/mol. The molecule has 0 unspecified atom stereocenters. The van der Waals surface area contributed by atoms with Crippen LogP contribution in [0, 0.1) is 5.82 Å². The predicted molar refractivity (Wildman–Crippen MR) is 126 cm³/mol. The number of fused-ring (bicyclic) bond motifs is 1. The molecule has 1 heterocycles. The zero-order valence-corrected chi connectivity index (χ0v) is 18.3. The van der Waals surface area contributed by atoms with E-state index in [1.165, 1.54) is 28.7 Å². The molecule has 168 valence electrons. The molecule has 3 aromatic carbocycles. The highest BCUT2D eigenvalue weighted by Crippen LogP contribution is 2.35. The Morgan fingerprint density at radius 1 is 1.06 bits per heavy atom. The zero-order chi connectivity index (χ0) is 23.2. The quantitative estimate of drug-likeness (QED) is 0.536. The van der Waals surface area contributed by atoms with Gasteiger partial charge in [0.1, 0.15) is 12.4 Å². The molecule has 33 heavy (non-hydrogen) atoms. The Morgan fingerprint density at radius 3 is 2.61 bits per heavy atom. The van der Waals surface area contributed by atoms with E-state index in [1.807, 2.05) is 25.1 Å². The van der Waals surface area contributed by atoms with Crippen LogP contribution in [-0.4, -0.2) is 24.4 Å². The average Bonchev–Trinajstić information content (AvgIpc) is 2.81. The molecule has 3 aromatic rings. The second-order valence-corrected chi connectivity index (χ2v) is 8.02. The van der Waals surface area contributed by atoms with Crippen LogP contribution in [0.3, 0.4) is 0 Å². The molecule has 1 aliphatic heterocycles. The van der Waals surface area contributed by atoms with Crippen molar-refractivity contribution in [1.82, 2.24) is 5.32 Å². The molecule has 4 rings (SSSR count). The molecule has 5 nitrogen and oxygen atoms in total. The fraction of sp³-hybridized carbons (Fsp3) is 0.185. The Hall–Kier alpha value is -3.93. The molecule has 6 heteroatoms. The van der Waals surface area contributed by atoms with E-state index in [0.29, 0.717) is 17.0 Å². The Balaban J connectivity index is 1.47. The molecule has 0 aliphatic carbocycles. The maximum absolute atomic E-state index is 13.6. The summed E-state index contributed by atoms with van der Waals surface area (Å²) in [4.78, 5) is 27.3. The van der Waals surface area contributed by atoms with E-state index >= 15 is 0 Å². The van der Waals surface area contributed by atoms with Crippen molar-refractivity contribution in [1.29, 1.82) is 0 Å². The molecule has 0 aromatic heterocycles. The molecule has 0 spiro atoms. The molecule has 2 amide bonds. The number of para-hydroxylation sites is 2. The van der Waals surface area contributed by atoms with Gasteiger partial charge in [-0.3, -0.25) is 14.5 Å². The number of rotatable bonds is 7. The van der Waals surface area contributed by atoms with Crippen LogP contribution in [0.15, 0.2) is 84.6 Å². The lowest BCUT2D eigenvalue weighted by molar-refractivity contribution is -0.123. The van der Waals surface area contributed by atoms with Gasteiger partial charge in [0.25, 0.3) is 5.91 Å². The smallest absolute Gasteiger partial charge is 0.294 e. The number of anilines is 1. The van der Waals surface area contributed by atoms with Crippen molar-refractivity contribution < 1.29 is 18.7 Å². The highest BCUT2D eigenvalue weighted by Gasteiger charge is 2.31. The minimum atomic E-state index is -0.454. The number of hydrogen-bond donors (Lipinski definition) is 1. The second-order valence-electron chi connectivity index (χ2n) is 8.02. The van der Waals surface area contributed by atoms with Gasteiger partial charge in [-0.05, 0) is 61.2 Å². The summed E-state index contributed by atoms with van der Waals surface area (Å²) in [5, 5.41) is 2.98. The number of nitrogens with one attached hydrogen (secondary N) is 1. The number of hydrogen-bond acceptors (Lipinski definition) is 3. The van der Waals surface area contributed by atoms with Gasteiger partial charge in [0.2, 0.25) is 5.91 Å². The first-order chi connectivity index (χ1) is 16.0. The number of carbonyl (C=O) groups excluding carboxylic acids is 2. The van der Waals surface area contributed by atoms with Gasteiger partial charge in [0, 0.05) is 6.04 Å². The van der Waals surface area contributed by atoms with Crippen LogP contribution in [0.4, 0.5) is 10.1 Å². The average molecular weight is 445 g/mol. The standard InChI is InChI=1S/C27H25FN2O3/c1-19(14-15-20-8-3-2-4-9-20)29-26(31)18-30-23-12-5-6-13-24(23)33-25(27(30)32)17-21-10-7-11-22(28)16-21/h2-13,16-17,19H,14-15,18H2,1H3,(H,29,31)/b25-17+/t19-/m0/s1. The maximum Gasteiger partial charge on any atom is 0.294 e. The van der Waals surface area contributed by atoms with E-state index in [4.69, 9.17) is 4.74 Å². The summed E-state index contributed by atoms with van der Waals surface area (Å²) in [6.07, 6.45) is 3.12. The van der Waals surface area contributed by atoms with Crippen molar-refractivity contribution in [2.24, 2.45) is 0 Å². The minimum Gasteiger partial charge on any atom is -0.449 e. The third-order valence-corrected chi connectivity index (χ3v) is 5.40. The van der Waals surface area contributed by atoms with Crippen LogP contribution in [0.25, 0.3) is 6.08 Å². The zero-order valence-electron chi connectivity index (χ0n) is 18.3. The normalized spacial score (nSPS) is 15.0. The van der Waals surface area contributed by atoms with Crippen LogP contribution in [0.2, 0.25) is 0 Å². The lowest BCUT2D eigenvalue weighted by atomic mass is 10.1. The van der Waals surface area contributed by atoms with Crippen molar-refractivity contribution in [3.63, 3.8) is 0 Å². The van der Waals surface area contributed by atoms with E-state index in [2.05, 4.69) is 17.4 Å². The molecule has 1 N–H and O–H groups in total. The molecule has 0 bridgehead atoms. The summed E-state index contributed by atoms with van der Waals surface area (Å²) < 4.78 is 19.4. The van der Waals surface area contributed by atoms with Crippen molar-refractivity contribution in [2.45, 2.75) is 25.8 Å². The highest BCUT2D eigenvalue weighted by atomic mass is 19.1. The molecular weight excluding hydrogens is 419 g/mol. The maximum atomic E-state index is 13.6. The summed E-state index contributed by atoms with van der Waals surface area (Å²) in [7, 11) is 0. The van der Waals surface area contributed by atoms with Gasteiger partial charge >= 0.3 is 0 Å². The third-order valence-electron chi connectivity index (χ3n) is 5.40. The highest BCUT2D eigenvalue weighted by molar-refractivity contribution is 6.12. The van der Waals surface area contributed by atoms with Gasteiger partial charge in [-0.1, -0.05) is 54.6 Å². The van der Waals surface area contributed by atoms with Crippen molar-refractivity contribution in [3.8, 4) is 5.75 Å². The third kappa shape index (κ3) is 5.66. The van der Waals surface area contributed by atoms with Crippen LogP contribution in [0.5, 0.6) is 5.75 Å². The van der Waals surface area contributed by atoms with E-state index < -0.39 is 11.7 Å². The number of carbonyl (C=O) groups is 2. The minimum absolute atomic E-state index is 0.0317.